The summed E-state index contributed by atoms with van der Waals surface area (Å²) >= 11 is 0. The Morgan fingerprint density at radius 3 is 2.85 bits per heavy atom. The van der Waals surface area contributed by atoms with Crippen LogP contribution in [-0.4, -0.2) is 22.9 Å². The molecule has 0 atom stereocenters. The van der Waals surface area contributed by atoms with Gasteiger partial charge < -0.3 is 19.8 Å². The van der Waals surface area contributed by atoms with Crippen LogP contribution in [0.15, 0.2) is 54.4 Å². The average molecular weight is 362 g/mol. The number of aryl methyl sites for hydroxylation is 1. The van der Waals surface area contributed by atoms with Crippen molar-refractivity contribution in [2.24, 2.45) is 5.73 Å². The van der Waals surface area contributed by atoms with E-state index in [1.165, 1.54) is 0 Å². The van der Waals surface area contributed by atoms with E-state index in [0.717, 1.165) is 23.0 Å². The van der Waals surface area contributed by atoms with Crippen molar-refractivity contribution in [3.63, 3.8) is 0 Å². The zero-order chi connectivity index (χ0) is 19.0. The van der Waals surface area contributed by atoms with Crippen LogP contribution in [0.5, 0.6) is 11.5 Å². The fourth-order valence-corrected chi connectivity index (χ4v) is 3.20. The van der Waals surface area contributed by atoms with E-state index in [1.54, 1.807) is 24.3 Å². The number of primary amides is 1. The first-order valence-electron chi connectivity index (χ1n) is 8.64. The molecule has 4 rings (SSSR count). The van der Waals surface area contributed by atoms with Gasteiger partial charge in [0.25, 0.3) is 5.91 Å². The monoisotopic (exact) mass is 362 g/mol. The lowest BCUT2D eigenvalue weighted by Gasteiger charge is -2.04. The number of ether oxygens (including phenoxy) is 2. The minimum Gasteiger partial charge on any atom is -0.484 e. The van der Waals surface area contributed by atoms with Gasteiger partial charge in [-0.05, 0) is 31.2 Å². The Kier molecular flexibility index (Phi) is 4.16. The highest BCUT2D eigenvalue weighted by molar-refractivity contribution is 6.15. The molecule has 0 saturated carbocycles. The van der Waals surface area contributed by atoms with Crippen molar-refractivity contribution >= 4 is 28.7 Å². The minimum absolute atomic E-state index is 0.181. The lowest BCUT2D eigenvalue weighted by atomic mass is 10.1. The predicted octanol–water partition coefficient (Wildman–Crippen LogP) is 3.14. The van der Waals surface area contributed by atoms with Crippen LogP contribution in [0.1, 0.15) is 22.8 Å². The van der Waals surface area contributed by atoms with Crippen molar-refractivity contribution in [1.29, 1.82) is 0 Å². The number of carbonyl (C=O) groups is 2. The van der Waals surface area contributed by atoms with Gasteiger partial charge in [0.1, 0.15) is 11.5 Å². The number of carbonyl (C=O) groups excluding carboxylic acids is 2. The van der Waals surface area contributed by atoms with Crippen molar-refractivity contribution in [1.82, 2.24) is 4.57 Å². The first-order chi connectivity index (χ1) is 13.1. The van der Waals surface area contributed by atoms with Crippen LogP contribution in [-0.2, 0) is 11.3 Å². The summed E-state index contributed by atoms with van der Waals surface area (Å²) in [6.07, 6.45) is 3.78. The molecular weight excluding hydrogens is 344 g/mol. The molecule has 0 spiro atoms. The second kappa shape index (κ2) is 6.64. The number of aromatic nitrogens is 1. The largest absolute Gasteiger partial charge is 0.484 e. The second-order valence-electron chi connectivity index (χ2n) is 6.24. The van der Waals surface area contributed by atoms with E-state index >= 15 is 0 Å². The summed E-state index contributed by atoms with van der Waals surface area (Å²) in [5.41, 5.74) is 7.58. The molecule has 0 fully saturated rings. The van der Waals surface area contributed by atoms with Gasteiger partial charge in [-0.3, -0.25) is 9.59 Å². The van der Waals surface area contributed by atoms with Crippen molar-refractivity contribution in [3.8, 4) is 11.5 Å². The van der Waals surface area contributed by atoms with E-state index < -0.39 is 5.91 Å². The molecule has 1 amide bonds. The highest BCUT2D eigenvalue weighted by Gasteiger charge is 2.28. The lowest BCUT2D eigenvalue weighted by molar-refractivity contribution is -0.119. The zero-order valence-electron chi connectivity index (χ0n) is 14.8. The number of para-hydroxylation sites is 1. The Morgan fingerprint density at radius 1 is 1.26 bits per heavy atom. The third-order valence-corrected chi connectivity index (χ3v) is 4.47. The van der Waals surface area contributed by atoms with E-state index in [0.29, 0.717) is 17.1 Å². The van der Waals surface area contributed by atoms with Crippen molar-refractivity contribution in [3.05, 3.63) is 65.5 Å². The molecule has 6 nitrogen and oxygen atoms in total. The third-order valence-electron chi connectivity index (χ3n) is 4.47. The molecule has 1 aliphatic heterocycles. The number of hydrogen-bond acceptors (Lipinski definition) is 4. The molecule has 1 aromatic heterocycles. The Balaban J connectivity index is 1.67. The van der Waals surface area contributed by atoms with Crippen LogP contribution in [0.2, 0.25) is 0 Å². The Labute approximate surface area is 155 Å². The van der Waals surface area contributed by atoms with E-state index in [2.05, 4.69) is 17.6 Å². The summed E-state index contributed by atoms with van der Waals surface area (Å²) in [6, 6.07) is 12.9. The van der Waals surface area contributed by atoms with E-state index in [9.17, 15) is 9.59 Å². The molecule has 1 aliphatic rings. The molecule has 2 N–H and O–H groups in total. The second-order valence-corrected chi connectivity index (χ2v) is 6.24. The molecule has 3 aromatic rings. The maximum absolute atomic E-state index is 12.7. The van der Waals surface area contributed by atoms with Crippen molar-refractivity contribution in [2.45, 2.75) is 13.5 Å². The normalized spacial score (nSPS) is 14.4. The van der Waals surface area contributed by atoms with Crippen LogP contribution in [0, 0.1) is 0 Å². The number of amides is 1. The maximum Gasteiger partial charge on any atom is 0.255 e. The van der Waals surface area contributed by atoms with Gasteiger partial charge in [0.15, 0.2) is 12.4 Å². The lowest BCUT2D eigenvalue weighted by Crippen LogP contribution is -2.19. The topological polar surface area (TPSA) is 83.5 Å². The summed E-state index contributed by atoms with van der Waals surface area (Å²) in [7, 11) is 0. The number of rotatable bonds is 5. The maximum atomic E-state index is 12.7. The van der Waals surface area contributed by atoms with Gasteiger partial charge in [0, 0.05) is 35.3 Å². The number of fused-ring (bicyclic) bond motifs is 2. The van der Waals surface area contributed by atoms with Crippen molar-refractivity contribution < 1.29 is 19.1 Å². The summed E-state index contributed by atoms with van der Waals surface area (Å²) in [6.45, 7) is 2.68. The molecule has 2 aromatic carbocycles. The van der Waals surface area contributed by atoms with Gasteiger partial charge in [0.2, 0.25) is 5.78 Å². The van der Waals surface area contributed by atoms with Gasteiger partial charge in [-0.15, -0.1) is 0 Å². The Bertz CT molecular complexity index is 1090. The zero-order valence-corrected chi connectivity index (χ0v) is 14.8. The number of nitrogens with two attached hydrogens (primary N) is 1. The summed E-state index contributed by atoms with van der Waals surface area (Å²) in [5.74, 6) is 0.341. The first kappa shape index (κ1) is 16.9. The van der Waals surface area contributed by atoms with E-state index in [-0.39, 0.29) is 18.1 Å². The molecule has 0 unspecified atom stereocenters. The molecule has 136 valence electrons. The smallest absolute Gasteiger partial charge is 0.255 e. The Morgan fingerprint density at radius 2 is 2.07 bits per heavy atom. The molecule has 0 bridgehead atoms. The molecule has 6 heteroatoms. The fourth-order valence-electron chi connectivity index (χ4n) is 3.20. The quantitative estimate of drug-likeness (QED) is 0.707. The highest BCUT2D eigenvalue weighted by Crippen LogP contribution is 2.35. The van der Waals surface area contributed by atoms with Gasteiger partial charge >= 0.3 is 0 Å². The Hall–Kier alpha value is -3.54. The number of ketones is 1. The van der Waals surface area contributed by atoms with Crippen LogP contribution in [0.3, 0.4) is 0 Å². The van der Waals surface area contributed by atoms with Crippen LogP contribution < -0.4 is 15.2 Å². The average Bonchev–Trinajstić information content (AvgIpc) is 3.18. The number of benzene rings is 2. The predicted molar refractivity (Wildman–Crippen MR) is 102 cm³/mol. The molecule has 0 saturated heterocycles. The van der Waals surface area contributed by atoms with Crippen LogP contribution in [0.4, 0.5) is 0 Å². The number of hydrogen-bond donors (Lipinski definition) is 1. The highest BCUT2D eigenvalue weighted by atomic mass is 16.5. The standard InChI is InChI=1S/C21H18N2O4/c1-2-23-11-13(15-5-3-4-6-17(15)23)9-19-21(25)16-8-7-14(10-18(16)27-19)26-12-20(22)24/h3-11H,2,12H2,1H3,(H2,22,24)/b19-9-. The molecule has 2 heterocycles. The van der Waals surface area contributed by atoms with E-state index in [1.807, 2.05) is 24.4 Å². The molecule has 27 heavy (non-hydrogen) atoms. The summed E-state index contributed by atoms with van der Waals surface area (Å²) in [4.78, 5) is 23.5. The summed E-state index contributed by atoms with van der Waals surface area (Å²) < 4.78 is 13.2. The third kappa shape index (κ3) is 3.06. The number of nitrogens with zero attached hydrogens (tertiary/aromatic N) is 1. The van der Waals surface area contributed by atoms with Gasteiger partial charge in [0.05, 0.1) is 5.56 Å². The number of Topliss-reactive ketones (excluding diaryl/α,β-unsaturated/α-hetero) is 1. The van der Waals surface area contributed by atoms with Gasteiger partial charge in [-0.1, -0.05) is 18.2 Å². The van der Waals surface area contributed by atoms with Gasteiger partial charge in [-0.25, -0.2) is 0 Å². The molecule has 0 radical (unpaired) electrons. The van der Waals surface area contributed by atoms with Gasteiger partial charge in [-0.2, -0.15) is 0 Å². The van der Waals surface area contributed by atoms with Crippen LogP contribution >= 0.6 is 0 Å². The first-order valence-corrected chi connectivity index (χ1v) is 8.64. The number of allylic oxidation sites excluding steroid dienone is 1. The summed E-state index contributed by atoms with van der Waals surface area (Å²) in [5, 5.41) is 1.06. The minimum atomic E-state index is -0.569. The van der Waals surface area contributed by atoms with Crippen molar-refractivity contribution in [2.75, 3.05) is 6.61 Å². The van der Waals surface area contributed by atoms with Crippen LogP contribution in [0.25, 0.3) is 17.0 Å². The fraction of sp³-hybridized carbons (Fsp3) is 0.143. The molecule has 0 aliphatic carbocycles. The van der Waals surface area contributed by atoms with E-state index in [4.69, 9.17) is 15.2 Å². The molecular formula is C21H18N2O4. The SMILES string of the molecule is CCn1cc(/C=C2\Oc3cc(OCC(N)=O)ccc3C2=O)c2ccccc21.